The van der Waals surface area contributed by atoms with E-state index >= 15 is 0 Å². The van der Waals surface area contributed by atoms with E-state index in [0.29, 0.717) is 24.2 Å². The van der Waals surface area contributed by atoms with E-state index < -0.39 is 12.1 Å². The van der Waals surface area contributed by atoms with Crippen molar-refractivity contribution in [2.24, 2.45) is 0 Å². The standard InChI is InChI=1S/C29H31N3O5/c1-18-6-4-5-7-24(18)31-29(36)30-23-11-8-20(9-12-23)27(37-3)28(35)32-15-14-22-17-21(10-13-25(22)32)19(2)16-26(33)34/h4-13,17,19,27H,14-16H2,1-3H3,(H,33,34)(H2,30,31,36)/t19-,27?/m0/s1. The molecule has 3 aromatic carbocycles. The van der Waals surface area contributed by atoms with Gasteiger partial charge in [0.15, 0.2) is 6.10 Å². The Morgan fingerprint density at radius 2 is 1.70 bits per heavy atom. The number of nitrogens with zero attached hydrogens (tertiary/aromatic N) is 1. The number of fused-ring (bicyclic) bond motifs is 1. The summed E-state index contributed by atoms with van der Waals surface area (Å²) in [6.45, 7) is 4.34. The van der Waals surface area contributed by atoms with Gasteiger partial charge in [-0.15, -0.1) is 0 Å². The number of rotatable bonds is 8. The summed E-state index contributed by atoms with van der Waals surface area (Å²) in [6, 6.07) is 20.0. The van der Waals surface area contributed by atoms with E-state index in [2.05, 4.69) is 10.6 Å². The van der Waals surface area contributed by atoms with E-state index in [1.165, 1.54) is 7.11 Å². The zero-order chi connectivity index (χ0) is 26.5. The Balaban J connectivity index is 1.43. The monoisotopic (exact) mass is 501 g/mol. The van der Waals surface area contributed by atoms with E-state index in [4.69, 9.17) is 9.84 Å². The molecule has 3 aromatic rings. The highest BCUT2D eigenvalue weighted by Gasteiger charge is 2.31. The molecule has 4 rings (SSSR count). The lowest BCUT2D eigenvalue weighted by molar-refractivity contribution is -0.137. The summed E-state index contributed by atoms with van der Waals surface area (Å²) in [4.78, 5) is 38.6. The SMILES string of the molecule is COC(C(=O)N1CCc2cc([C@@H](C)CC(=O)O)ccc21)c1ccc(NC(=O)Nc2ccccc2C)cc1. The van der Waals surface area contributed by atoms with Crippen LogP contribution < -0.4 is 15.5 Å². The van der Waals surface area contributed by atoms with Crippen molar-refractivity contribution in [1.82, 2.24) is 0 Å². The molecule has 1 aliphatic rings. The summed E-state index contributed by atoms with van der Waals surface area (Å²) in [6.07, 6.45) is -0.0401. The van der Waals surface area contributed by atoms with Crippen LogP contribution in [0.2, 0.25) is 0 Å². The fourth-order valence-electron chi connectivity index (χ4n) is 4.60. The number of aliphatic carboxylic acids is 1. The topological polar surface area (TPSA) is 108 Å². The zero-order valence-corrected chi connectivity index (χ0v) is 21.2. The second kappa shape index (κ2) is 11.3. The highest BCUT2D eigenvalue weighted by Crippen LogP contribution is 2.34. The van der Waals surface area contributed by atoms with Crippen molar-refractivity contribution in [1.29, 1.82) is 0 Å². The van der Waals surface area contributed by atoms with Crippen LogP contribution in [0.25, 0.3) is 0 Å². The first kappa shape index (κ1) is 25.9. The van der Waals surface area contributed by atoms with Crippen molar-refractivity contribution in [3.8, 4) is 0 Å². The molecular weight excluding hydrogens is 470 g/mol. The first-order valence-electron chi connectivity index (χ1n) is 12.2. The van der Waals surface area contributed by atoms with Gasteiger partial charge < -0.3 is 25.4 Å². The number of hydrogen-bond acceptors (Lipinski definition) is 4. The number of carbonyl (C=O) groups excluding carboxylic acids is 2. The van der Waals surface area contributed by atoms with Crippen LogP contribution in [0.3, 0.4) is 0 Å². The summed E-state index contributed by atoms with van der Waals surface area (Å²) >= 11 is 0. The van der Waals surface area contributed by atoms with Crippen LogP contribution in [0.1, 0.15) is 47.6 Å². The molecule has 1 heterocycles. The first-order valence-corrected chi connectivity index (χ1v) is 12.2. The maximum atomic E-state index is 13.4. The summed E-state index contributed by atoms with van der Waals surface area (Å²) in [7, 11) is 1.50. The van der Waals surface area contributed by atoms with Crippen LogP contribution >= 0.6 is 0 Å². The number of anilines is 3. The van der Waals surface area contributed by atoms with Crippen LogP contribution in [0.5, 0.6) is 0 Å². The Hall–Kier alpha value is -4.17. The van der Waals surface area contributed by atoms with Gasteiger partial charge in [0.25, 0.3) is 5.91 Å². The lowest BCUT2D eigenvalue weighted by Gasteiger charge is -2.24. The highest BCUT2D eigenvalue weighted by molar-refractivity contribution is 6.01. The molecule has 0 aromatic heterocycles. The summed E-state index contributed by atoms with van der Waals surface area (Å²) < 4.78 is 5.59. The Labute approximate surface area is 216 Å². The number of aryl methyl sites for hydroxylation is 1. The van der Waals surface area contributed by atoms with Gasteiger partial charge in [0.1, 0.15) is 0 Å². The fourth-order valence-corrected chi connectivity index (χ4v) is 4.60. The molecule has 3 amide bonds. The smallest absolute Gasteiger partial charge is 0.323 e. The number of nitrogens with one attached hydrogen (secondary N) is 2. The van der Waals surface area contributed by atoms with Crippen molar-refractivity contribution in [2.45, 2.75) is 38.7 Å². The molecule has 0 aliphatic carbocycles. The number of carbonyl (C=O) groups is 3. The minimum atomic E-state index is -0.833. The third-order valence-corrected chi connectivity index (χ3v) is 6.64. The van der Waals surface area contributed by atoms with Gasteiger partial charge in [-0.05, 0) is 65.8 Å². The van der Waals surface area contributed by atoms with Crippen molar-refractivity contribution >= 4 is 35.0 Å². The van der Waals surface area contributed by atoms with Gasteiger partial charge >= 0.3 is 12.0 Å². The van der Waals surface area contributed by atoms with Gasteiger partial charge in [-0.3, -0.25) is 9.59 Å². The highest BCUT2D eigenvalue weighted by atomic mass is 16.5. The Morgan fingerprint density at radius 3 is 2.38 bits per heavy atom. The van der Waals surface area contributed by atoms with Gasteiger partial charge in [0.05, 0.1) is 6.42 Å². The van der Waals surface area contributed by atoms with Crippen LogP contribution in [0.15, 0.2) is 66.7 Å². The summed E-state index contributed by atoms with van der Waals surface area (Å²) in [5.74, 6) is -1.11. The maximum absolute atomic E-state index is 13.4. The molecule has 37 heavy (non-hydrogen) atoms. The minimum Gasteiger partial charge on any atom is -0.481 e. The molecule has 3 N–H and O–H groups in total. The molecule has 1 unspecified atom stereocenters. The van der Waals surface area contributed by atoms with Crippen LogP contribution in [-0.4, -0.2) is 36.7 Å². The zero-order valence-electron chi connectivity index (χ0n) is 21.2. The Morgan fingerprint density at radius 1 is 1.00 bits per heavy atom. The molecule has 8 heteroatoms. The molecule has 8 nitrogen and oxygen atoms in total. The largest absolute Gasteiger partial charge is 0.481 e. The molecular formula is C29H31N3O5. The van der Waals surface area contributed by atoms with Gasteiger partial charge in [0, 0.05) is 30.7 Å². The number of carboxylic acids is 1. The summed E-state index contributed by atoms with van der Waals surface area (Å²) in [5.41, 5.74) is 5.76. The molecule has 0 spiro atoms. The normalized spacial score (nSPS) is 14.0. The number of methoxy groups -OCH3 is 1. The number of carboxylic acid groups (broad SMARTS) is 1. The Bertz CT molecular complexity index is 1310. The third kappa shape index (κ3) is 5.98. The number of benzene rings is 3. The van der Waals surface area contributed by atoms with Crippen molar-refractivity contribution in [3.05, 3.63) is 89.0 Å². The number of ether oxygens (including phenoxy) is 1. The molecule has 0 saturated carbocycles. The van der Waals surface area contributed by atoms with Gasteiger partial charge in [0.2, 0.25) is 0 Å². The van der Waals surface area contributed by atoms with Gasteiger partial charge in [-0.1, -0.05) is 49.4 Å². The average molecular weight is 502 g/mol. The van der Waals surface area contributed by atoms with E-state index in [0.717, 1.165) is 28.1 Å². The molecule has 192 valence electrons. The molecule has 1 aliphatic heterocycles. The number of hydrogen-bond donors (Lipinski definition) is 3. The van der Waals surface area contributed by atoms with Crippen molar-refractivity contribution in [3.63, 3.8) is 0 Å². The number of urea groups is 1. The second-order valence-corrected chi connectivity index (χ2v) is 9.26. The van der Waals surface area contributed by atoms with Crippen LogP contribution in [0, 0.1) is 6.92 Å². The Kier molecular flexibility index (Phi) is 7.89. The fraction of sp³-hybridized carbons (Fsp3) is 0.276. The van der Waals surface area contributed by atoms with Crippen molar-refractivity contribution < 1.29 is 24.2 Å². The maximum Gasteiger partial charge on any atom is 0.323 e. The molecule has 0 saturated heterocycles. The average Bonchev–Trinajstić information content (AvgIpc) is 3.30. The second-order valence-electron chi connectivity index (χ2n) is 9.26. The predicted molar refractivity (Wildman–Crippen MR) is 143 cm³/mol. The van der Waals surface area contributed by atoms with E-state index in [1.807, 2.05) is 56.3 Å². The lowest BCUT2D eigenvalue weighted by atomic mass is 9.95. The number of para-hydroxylation sites is 1. The summed E-state index contributed by atoms with van der Waals surface area (Å²) in [5, 5.41) is 14.7. The lowest BCUT2D eigenvalue weighted by Crippen LogP contribution is -2.34. The first-order chi connectivity index (χ1) is 17.8. The minimum absolute atomic E-state index is 0.0611. The third-order valence-electron chi connectivity index (χ3n) is 6.64. The van der Waals surface area contributed by atoms with E-state index in [1.54, 1.807) is 29.2 Å². The quantitative estimate of drug-likeness (QED) is 0.378. The van der Waals surface area contributed by atoms with Crippen molar-refractivity contribution in [2.75, 3.05) is 29.2 Å². The van der Waals surface area contributed by atoms with E-state index in [-0.39, 0.29) is 24.3 Å². The molecule has 0 radical (unpaired) electrons. The molecule has 0 fully saturated rings. The number of amides is 3. The van der Waals surface area contributed by atoms with Gasteiger partial charge in [-0.25, -0.2) is 4.79 Å². The molecule has 0 bridgehead atoms. The molecule has 2 atom stereocenters. The predicted octanol–water partition coefficient (Wildman–Crippen LogP) is 5.49. The van der Waals surface area contributed by atoms with Crippen LogP contribution in [-0.2, 0) is 20.7 Å². The van der Waals surface area contributed by atoms with Crippen LogP contribution in [0.4, 0.5) is 21.9 Å². The van der Waals surface area contributed by atoms with Gasteiger partial charge in [-0.2, -0.15) is 0 Å². The van der Waals surface area contributed by atoms with E-state index in [9.17, 15) is 14.4 Å².